The van der Waals surface area contributed by atoms with Gasteiger partial charge in [0.25, 0.3) is 0 Å². The first-order valence-electron chi connectivity index (χ1n) is 5.39. The van der Waals surface area contributed by atoms with E-state index < -0.39 is 0 Å². The van der Waals surface area contributed by atoms with Crippen LogP contribution >= 0.6 is 22.6 Å². The van der Waals surface area contributed by atoms with Crippen molar-refractivity contribution in [1.29, 1.82) is 0 Å². The van der Waals surface area contributed by atoms with E-state index in [1.165, 1.54) is 5.56 Å². The fourth-order valence-corrected chi connectivity index (χ4v) is 3.07. The van der Waals surface area contributed by atoms with E-state index in [-0.39, 0.29) is 5.82 Å². The molecule has 0 aliphatic rings. The molecule has 16 heavy (non-hydrogen) atoms. The predicted octanol–water partition coefficient (Wildman–Crippen LogP) is 5.02. The van der Waals surface area contributed by atoms with Gasteiger partial charge in [-0.25, -0.2) is 4.39 Å². The zero-order valence-corrected chi connectivity index (χ0v) is 11.8. The summed E-state index contributed by atoms with van der Waals surface area (Å²) < 4.78 is 14.9. The summed E-state index contributed by atoms with van der Waals surface area (Å²) >= 11 is 2.20. The normalized spacial score (nSPS) is 11.4. The minimum Gasteiger partial charge on any atom is -0.206 e. The van der Waals surface area contributed by atoms with E-state index in [1.807, 2.05) is 25.1 Å². The molecule has 0 bridgehead atoms. The Bertz CT molecular complexity index is 544. The zero-order valence-electron chi connectivity index (χ0n) is 9.64. The van der Waals surface area contributed by atoms with Crippen LogP contribution in [0.1, 0.15) is 30.9 Å². The van der Waals surface area contributed by atoms with Crippen LogP contribution in [0.5, 0.6) is 0 Å². The highest BCUT2D eigenvalue weighted by molar-refractivity contribution is 14.1. The Labute approximate surface area is 109 Å². The molecule has 2 aromatic rings. The first-order chi connectivity index (χ1) is 7.52. The van der Waals surface area contributed by atoms with Crippen molar-refractivity contribution >= 4 is 33.4 Å². The van der Waals surface area contributed by atoms with Gasteiger partial charge in [0.1, 0.15) is 5.82 Å². The molecule has 0 N–H and O–H groups in total. The molecule has 0 aliphatic heterocycles. The molecule has 0 radical (unpaired) electrons. The summed E-state index contributed by atoms with van der Waals surface area (Å²) in [6, 6.07) is 7.61. The van der Waals surface area contributed by atoms with Gasteiger partial charge in [0.15, 0.2) is 0 Å². The molecule has 0 fully saturated rings. The minimum atomic E-state index is -0.109. The molecule has 0 atom stereocenters. The molecular weight excluding hydrogens is 314 g/mol. The van der Waals surface area contributed by atoms with E-state index >= 15 is 0 Å². The van der Waals surface area contributed by atoms with Gasteiger partial charge < -0.3 is 0 Å². The number of halogens is 2. The van der Waals surface area contributed by atoms with Gasteiger partial charge in [-0.1, -0.05) is 26.0 Å². The fourth-order valence-electron chi connectivity index (χ4n) is 2.31. The first-order valence-corrected chi connectivity index (χ1v) is 6.47. The highest BCUT2D eigenvalue weighted by Crippen LogP contribution is 2.32. The summed E-state index contributed by atoms with van der Waals surface area (Å²) in [6.45, 7) is 6.29. The van der Waals surface area contributed by atoms with Crippen molar-refractivity contribution in [1.82, 2.24) is 0 Å². The molecule has 0 heterocycles. The van der Waals surface area contributed by atoms with E-state index in [9.17, 15) is 4.39 Å². The molecule has 0 nitrogen and oxygen atoms in total. The first kappa shape index (κ1) is 11.8. The van der Waals surface area contributed by atoms with Gasteiger partial charge in [-0.05, 0) is 64.1 Å². The van der Waals surface area contributed by atoms with Crippen molar-refractivity contribution in [3.63, 3.8) is 0 Å². The topological polar surface area (TPSA) is 0 Å². The lowest BCUT2D eigenvalue weighted by molar-refractivity contribution is 0.637. The number of rotatable bonds is 1. The maximum atomic E-state index is 13.9. The standard InChI is InChI=1S/C14H14FI/c1-8(2)13-9(3)7-11(15)14-10(13)5-4-6-12(14)16/h4-8H,1-3H3. The summed E-state index contributed by atoms with van der Waals surface area (Å²) in [7, 11) is 0. The predicted molar refractivity (Wildman–Crippen MR) is 75.4 cm³/mol. The lowest BCUT2D eigenvalue weighted by atomic mass is 9.91. The van der Waals surface area contributed by atoms with Gasteiger partial charge in [-0.3, -0.25) is 0 Å². The van der Waals surface area contributed by atoms with Crippen LogP contribution < -0.4 is 0 Å². The van der Waals surface area contributed by atoms with Gasteiger partial charge >= 0.3 is 0 Å². The van der Waals surface area contributed by atoms with Crippen LogP contribution in [0.3, 0.4) is 0 Å². The summed E-state index contributed by atoms with van der Waals surface area (Å²) in [5.74, 6) is 0.309. The number of hydrogen-bond donors (Lipinski definition) is 0. The monoisotopic (exact) mass is 328 g/mol. The van der Waals surface area contributed by atoms with Crippen LogP contribution in [0.4, 0.5) is 4.39 Å². The van der Waals surface area contributed by atoms with Gasteiger partial charge in [0, 0.05) is 8.96 Å². The second-order valence-corrected chi connectivity index (χ2v) is 5.57. The Hall–Kier alpha value is -0.640. The van der Waals surface area contributed by atoms with Crippen LogP contribution in [0.2, 0.25) is 0 Å². The van der Waals surface area contributed by atoms with E-state index in [0.717, 1.165) is 19.9 Å². The Balaban J connectivity index is 2.96. The summed E-state index contributed by atoms with van der Waals surface area (Å²) in [5.41, 5.74) is 2.30. The third-order valence-corrected chi connectivity index (χ3v) is 3.79. The average Bonchev–Trinajstić information content (AvgIpc) is 2.15. The van der Waals surface area contributed by atoms with E-state index in [2.05, 4.69) is 36.4 Å². The highest BCUT2D eigenvalue weighted by atomic mass is 127. The lowest BCUT2D eigenvalue weighted by Gasteiger charge is -2.15. The highest BCUT2D eigenvalue weighted by Gasteiger charge is 2.13. The van der Waals surface area contributed by atoms with Gasteiger partial charge in [-0.2, -0.15) is 0 Å². The van der Waals surface area contributed by atoms with Crippen molar-refractivity contribution in [3.05, 3.63) is 44.8 Å². The number of aryl methyl sites for hydroxylation is 1. The number of hydrogen-bond acceptors (Lipinski definition) is 0. The molecule has 2 rings (SSSR count). The number of fused-ring (bicyclic) bond motifs is 1. The minimum absolute atomic E-state index is 0.109. The summed E-state index contributed by atoms with van der Waals surface area (Å²) in [6.07, 6.45) is 0. The van der Waals surface area contributed by atoms with Gasteiger partial charge in [-0.15, -0.1) is 0 Å². The molecule has 0 saturated carbocycles. The largest absolute Gasteiger partial charge is 0.206 e. The second kappa shape index (κ2) is 4.32. The lowest BCUT2D eigenvalue weighted by Crippen LogP contribution is -1.97. The average molecular weight is 328 g/mol. The van der Waals surface area contributed by atoms with Crippen LogP contribution in [0.25, 0.3) is 10.8 Å². The van der Waals surface area contributed by atoms with Crippen molar-refractivity contribution in [3.8, 4) is 0 Å². The van der Waals surface area contributed by atoms with E-state index in [0.29, 0.717) is 5.92 Å². The molecule has 2 heteroatoms. The molecule has 2 aromatic carbocycles. The summed E-state index contributed by atoms with van der Waals surface area (Å²) in [4.78, 5) is 0. The molecule has 0 aromatic heterocycles. The molecule has 0 aliphatic carbocycles. The number of benzene rings is 2. The Morgan fingerprint density at radius 3 is 2.56 bits per heavy atom. The van der Waals surface area contributed by atoms with Crippen molar-refractivity contribution < 1.29 is 4.39 Å². The molecule has 0 spiro atoms. The fraction of sp³-hybridized carbons (Fsp3) is 0.286. The maximum Gasteiger partial charge on any atom is 0.132 e. The van der Waals surface area contributed by atoms with Crippen molar-refractivity contribution in [2.75, 3.05) is 0 Å². The van der Waals surface area contributed by atoms with E-state index in [4.69, 9.17) is 0 Å². The van der Waals surface area contributed by atoms with Crippen molar-refractivity contribution in [2.24, 2.45) is 0 Å². The summed E-state index contributed by atoms with van der Waals surface area (Å²) in [5, 5.41) is 1.82. The third-order valence-electron chi connectivity index (χ3n) is 2.89. The van der Waals surface area contributed by atoms with Crippen LogP contribution in [-0.2, 0) is 0 Å². The smallest absolute Gasteiger partial charge is 0.132 e. The third kappa shape index (κ3) is 1.83. The molecule has 0 unspecified atom stereocenters. The molecule has 0 amide bonds. The SMILES string of the molecule is Cc1cc(F)c2c(I)cccc2c1C(C)C. The van der Waals surface area contributed by atoms with Crippen LogP contribution in [-0.4, -0.2) is 0 Å². The van der Waals surface area contributed by atoms with Crippen LogP contribution in [0.15, 0.2) is 24.3 Å². The Morgan fingerprint density at radius 2 is 1.94 bits per heavy atom. The Morgan fingerprint density at radius 1 is 1.25 bits per heavy atom. The molecule has 0 saturated heterocycles. The van der Waals surface area contributed by atoms with E-state index in [1.54, 1.807) is 6.07 Å². The zero-order chi connectivity index (χ0) is 11.9. The van der Waals surface area contributed by atoms with Gasteiger partial charge in [0.2, 0.25) is 0 Å². The van der Waals surface area contributed by atoms with Crippen molar-refractivity contribution in [2.45, 2.75) is 26.7 Å². The quantitative estimate of drug-likeness (QED) is 0.645. The maximum absolute atomic E-state index is 13.9. The molecular formula is C14H14FI. The van der Waals surface area contributed by atoms with Gasteiger partial charge in [0.05, 0.1) is 0 Å². The Kier molecular flexibility index (Phi) is 3.19. The molecule has 84 valence electrons. The second-order valence-electron chi connectivity index (χ2n) is 4.41. The van der Waals surface area contributed by atoms with Crippen LogP contribution in [0, 0.1) is 16.3 Å².